The van der Waals surface area contributed by atoms with E-state index in [0.717, 1.165) is 25.0 Å². The van der Waals surface area contributed by atoms with Gasteiger partial charge in [-0.3, -0.25) is 0 Å². The Kier molecular flexibility index (Phi) is 6.30. The van der Waals surface area contributed by atoms with Gasteiger partial charge in [-0.1, -0.05) is 27.2 Å². The number of pyridine rings is 1. The largest absolute Gasteiger partial charge is 0.416 e. The molecule has 0 saturated heterocycles. The zero-order valence-corrected chi connectivity index (χ0v) is 13.0. The molecule has 2 atom stereocenters. The van der Waals surface area contributed by atoms with Gasteiger partial charge in [-0.05, 0) is 31.4 Å². The Morgan fingerprint density at radius 1 is 1.14 bits per heavy atom. The molecule has 0 amide bonds. The quantitative estimate of drug-likeness (QED) is 0.762. The van der Waals surface area contributed by atoms with E-state index in [4.69, 9.17) is 0 Å². The first-order valence-corrected chi connectivity index (χ1v) is 7.37. The second kappa shape index (κ2) is 7.52. The fraction of sp³-hybridized carbons (Fsp3) is 0.667. The summed E-state index contributed by atoms with van der Waals surface area (Å²) in [5.41, 5.74) is -0.685. The molecule has 1 aromatic rings. The Balaban J connectivity index is 3.01. The van der Waals surface area contributed by atoms with Gasteiger partial charge in [0.25, 0.3) is 0 Å². The maximum atomic E-state index is 12.9. The van der Waals surface area contributed by atoms with E-state index >= 15 is 0 Å². The van der Waals surface area contributed by atoms with Gasteiger partial charge in [0, 0.05) is 12.6 Å². The van der Waals surface area contributed by atoms with Gasteiger partial charge in [-0.15, -0.1) is 0 Å². The van der Waals surface area contributed by atoms with Crippen LogP contribution in [0.1, 0.15) is 46.1 Å². The number of halogens is 3. The number of alkyl halides is 3. The van der Waals surface area contributed by atoms with Crippen molar-refractivity contribution in [2.45, 2.75) is 52.8 Å². The van der Waals surface area contributed by atoms with E-state index < -0.39 is 11.7 Å². The van der Waals surface area contributed by atoms with Gasteiger partial charge in [0.05, 0.1) is 5.56 Å². The summed E-state index contributed by atoms with van der Waals surface area (Å²) in [5.74, 6) is 0.871. The van der Waals surface area contributed by atoms with Crippen LogP contribution in [0.25, 0.3) is 0 Å². The minimum absolute atomic E-state index is 0.0602. The van der Waals surface area contributed by atoms with Crippen LogP contribution in [0, 0.1) is 5.92 Å². The molecule has 2 unspecified atom stereocenters. The molecular formula is C15H24F3N3. The summed E-state index contributed by atoms with van der Waals surface area (Å²) >= 11 is 0. The molecule has 0 radical (unpaired) electrons. The molecule has 3 nitrogen and oxygen atoms in total. The van der Waals surface area contributed by atoms with Crippen molar-refractivity contribution in [1.82, 2.24) is 4.98 Å². The summed E-state index contributed by atoms with van der Waals surface area (Å²) < 4.78 is 38.8. The highest BCUT2D eigenvalue weighted by Gasteiger charge is 2.31. The molecule has 0 spiro atoms. The molecule has 0 aliphatic heterocycles. The highest BCUT2D eigenvalue weighted by molar-refractivity contribution is 5.50. The fourth-order valence-electron chi connectivity index (χ4n) is 1.84. The average Bonchev–Trinajstić information content (AvgIpc) is 2.42. The fourth-order valence-corrected chi connectivity index (χ4v) is 1.84. The first kappa shape index (κ1) is 17.6. The monoisotopic (exact) mass is 303 g/mol. The SMILES string of the molecule is CCCNc1cc(C(F)(F)F)cc(NC(C)C(C)CC)n1. The van der Waals surface area contributed by atoms with Crippen molar-refractivity contribution in [2.75, 3.05) is 17.2 Å². The van der Waals surface area contributed by atoms with Gasteiger partial charge >= 0.3 is 6.18 Å². The van der Waals surface area contributed by atoms with E-state index in [1.54, 1.807) is 0 Å². The maximum Gasteiger partial charge on any atom is 0.416 e. The zero-order valence-electron chi connectivity index (χ0n) is 13.0. The smallest absolute Gasteiger partial charge is 0.370 e. The summed E-state index contributed by atoms with van der Waals surface area (Å²) in [4.78, 5) is 4.22. The summed E-state index contributed by atoms with van der Waals surface area (Å²) in [6.45, 7) is 8.60. The van der Waals surface area contributed by atoms with Crippen LogP contribution in [0.3, 0.4) is 0 Å². The molecule has 1 rings (SSSR count). The van der Waals surface area contributed by atoms with Crippen LogP contribution in [-0.4, -0.2) is 17.6 Å². The second-order valence-corrected chi connectivity index (χ2v) is 5.37. The maximum absolute atomic E-state index is 12.9. The summed E-state index contributed by atoms with van der Waals surface area (Å²) in [7, 11) is 0. The van der Waals surface area contributed by atoms with Gasteiger partial charge in [-0.2, -0.15) is 13.2 Å². The number of rotatable bonds is 7. The Morgan fingerprint density at radius 3 is 2.29 bits per heavy atom. The lowest BCUT2D eigenvalue weighted by molar-refractivity contribution is -0.137. The van der Waals surface area contributed by atoms with Crippen LogP contribution in [-0.2, 0) is 6.18 Å². The zero-order chi connectivity index (χ0) is 16.0. The van der Waals surface area contributed by atoms with Crippen LogP contribution in [0.5, 0.6) is 0 Å². The van der Waals surface area contributed by atoms with Crippen molar-refractivity contribution >= 4 is 11.6 Å². The van der Waals surface area contributed by atoms with Crippen LogP contribution < -0.4 is 10.6 Å². The Labute approximate surface area is 124 Å². The minimum Gasteiger partial charge on any atom is -0.370 e. The lowest BCUT2D eigenvalue weighted by Crippen LogP contribution is -2.24. The molecule has 1 heterocycles. The first-order valence-electron chi connectivity index (χ1n) is 7.37. The van der Waals surface area contributed by atoms with E-state index in [2.05, 4.69) is 29.5 Å². The molecule has 1 aromatic heterocycles. The Bertz CT molecular complexity index is 446. The molecule has 0 fully saturated rings. The van der Waals surface area contributed by atoms with Crippen LogP contribution >= 0.6 is 0 Å². The summed E-state index contributed by atoms with van der Waals surface area (Å²) in [6.07, 6.45) is -2.60. The number of nitrogens with zero attached hydrogens (tertiary/aromatic N) is 1. The molecule has 6 heteroatoms. The topological polar surface area (TPSA) is 37.0 Å². The number of hydrogen-bond acceptors (Lipinski definition) is 3. The van der Waals surface area contributed by atoms with E-state index in [-0.39, 0.29) is 17.7 Å². The molecule has 21 heavy (non-hydrogen) atoms. The number of hydrogen-bond donors (Lipinski definition) is 2. The van der Waals surface area contributed by atoms with E-state index in [0.29, 0.717) is 12.5 Å². The van der Waals surface area contributed by atoms with Gasteiger partial charge in [-0.25, -0.2) is 4.98 Å². The number of aromatic nitrogens is 1. The van der Waals surface area contributed by atoms with Crippen LogP contribution in [0.4, 0.5) is 24.8 Å². The third-order valence-electron chi connectivity index (χ3n) is 3.58. The van der Waals surface area contributed by atoms with Crippen molar-refractivity contribution < 1.29 is 13.2 Å². The molecule has 0 aromatic carbocycles. The Hall–Kier alpha value is -1.46. The predicted molar refractivity (Wildman–Crippen MR) is 80.6 cm³/mol. The van der Waals surface area contributed by atoms with Gasteiger partial charge in [0.15, 0.2) is 0 Å². The third-order valence-corrected chi connectivity index (χ3v) is 3.58. The van der Waals surface area contributed by atoms with Crippen LogP contribution in [0.15, 0.2) is 12.1 Å². The Morgan fingerprint density at radius 2 is 1.76 bits per heavy atom. The van der Waals surface area contributed by atoms with E-state index in [9.17, 15) is 13.2 Å². The predicted octanol–water partition coefficient (Wildman–Crippen LogP) is 4.77. The van der Waals surface area contributed by atoms with Crippen LogP contribution in [0.2, 0.25) is 0 Å². The van der Waals surface area contributed by atoms with Gasteiger partial charge in [0.2, 0.25) is 0 Å². The van der Waals surface area contributed by atoms with E-state index in [1.807, 2.05) is 13.8 Å². The molecule has 0 bridgehead atoms. The summed E-state index contributed by atoms with van der Waals surface area (Å²) in [5, 5.41) is 5.98. The molecule has 0 aliphatic carbocycles. The third kappa shape index (κ3) is 5.44. The standard InChI is InChI=1S/C15H24F3N3/c1-5-7-19-13-8-12(15(16,17)18)9-14(21-13)20-11(4)10(3)6-2/h8-11H,5-7H2,1-4H3,(H2,19,20,21). The highest BCUT2D eigenvalue weighted by atomic mass is 19.4. The van der Waals surface area contributed by atoms with Gasteiger partial charge in [0.1, 0.15) is 11.6 Å². The lowest BCUT2D eigenvalue weighted by atomic mass is 10.0. The van der Waals surface area contributed by atoms with Crippen molar-refractivity contribution in [3.63, 3.8) is 0 Å². The molecule has 120 valence electrons. The number of anilines is 2. The summed E-state index contributed by atoms with van der Waals surface area (Å²) in [6, 6.07) is 2.18. The van der Waals surface area contributed by atoms with Crippen molar-refractivity contribution in [3.05, 3.63) is 17.7 Å². The minimum atomic E-state index is -4.37. The highest BCUT2D eigenvalue weighted by Crippen LogP contribution is 2.32. The molecule has 2 N–H and O–H groups in total. The number of nitrogens with one attached hydrogen (secondary N) is 2. The van der Waals surface area contributed by atoms with Crippen molar-refractivity contribution in [3.8, 4) is 0 Å². The van der Waals surface area contributed by atoms with E-state index in [1.165, 1.54) is 0 Å². The second-order valence-electron chi connectivity index (χ2n) is 5.37. The molecule has 0 saturated carbocycles. The lowest BCUT2D eigenvalue weighted by Gasteiger charge is -2.21. The van der Waals surface area contributed by atoms with Gasteiger partial charge < -0.3 is 10.6 Å². The van der Waals surface area contributed by atoms with Crippen molar-refractivity contribution in [2.24, 2.45) is 5.92 Å². The average molecular weight is 303 g/mol. The first-order chi connectivity index (χ1) is 9.77. The van der Waals surface area contributed by atoms with Crippen molar-refractivity contribution in [1.29, 1.82) is 0 Å². The molecule has 0 aliphatic rings. The molecular weight excluding hydrogens is 279 g/mol. The normalized spacial score (nSPS) is 14.6.